The van der Waals surface area contributed by atoms with E-state index in [-0.39, 0.29) is 18.1 Å². The molecule has 5 N–H and O–H groups in total. The van der Waals surface area contributed by atoms with Gasteiger partial charge >= 0.3 is 5.97 Å². The van der Waals surface area contributed by atoms with Crippen molar-refractivity contribution in [2.45, 2.75) is 43.7 Å². The summed E-state index contributed by atoms with van der Waals surface area (Å²) in [6.07, 6.45) is 6.00. The summed E-state index contributed by atoms with van der Waals surface area (Å²) >= 11 is 0. The Hall–Kier alpha value is -2.26. The van der Waals surface area contributed by atoms with Crippen molar-refractivity contribution in [3.8, 4) is 0 Å². The number of hydrogen-bond acceptors (Lipinski definition) is 7. The summed E-state index contributed by atoms with van der Waals surface area (Å²) in [6, 6.07) is 0.405. The molecule has 0 unspecified atom stereocenters. The number of piperazine rings is 1. The molecule has 1 aliphatic carbocycles. The summed E-state index contributed by atoms with van der Waals surface area (Å²) in [5, 5.41) is 26.6. The van der Waals surface area contributed by atoms with Crippen LogP contribution in [0.25, 0.3) is 0 Å². The average Bonchev–Trinajstić information content (AvgIpc) is 2.62. The molecule has 9 heteroatoms. The fourth-order valence-electron chi connectivity index (χ4n) is 3.93. The number of anilines is 1. The van der Waals surface area contributed by atoms with E-state index in [1.54, 1.807) is 12.4 Å². The maximum absolute atomic E-state index is 10.9. The third-order valence-corrected chi connectivity index (χ3v) is 5.44. The highest BCUT2D eigenvalue weighted by molar-refractivity contribution is 5.91. The molecule has 142 valence electrons. The van der Waals surface area contributed by atoms with E-state index in [0.29, 0.717) is 18.9 Å². The van der Waals surface area contributed by atoms with Gasteiger partial charge in [-0.05, 0) is 25.7 Å². The lowest BCUT2D eigenvalue weighted by molar-refractivity contribution is -0.144. The zero-order chi connectivity index (χ0) is 18.7. The molecule has 2 heterocycles. The van der Waals surface area contributed by atoms with Crippen LogP contribution in [0.15, 0.2) is 12.4 Å². The molecular formula is C17H26N6O3. The van der Waals surface area contributed by atoms with E-state index >= 15 is 0 Å². The van der Waals surface area contributed by atoms with Crippen molar-refractivity contribution in [1.29, 1.82) is 5.41 Å². The molecule has 0 amide bonds. The Morgan fingerprint density at radius 1 is 1.23 bits per heavy atom. The van der Waals surface area contributed by atoms with Crippen LogP contribution >= 0.6 is 0 Å². The first-order chi connectivity index (χ1) is 12.4. The van der Waals surface area contributed by atoms with Gasteiger partial charge < -0.3 is 20.8 Å². The van der Waals surface area contributed by atoms with Crippen molar-refractivity contribution in [1.82, 2.24) is 14.9 Å². The number of carbonyl (C=O) groups is 1. The van der Waals surface area contributed by atoms with Gasteiger partial charge in [0.2, 0.25) is 0 Å². The normalized spacial score (nSPS) is 27.3. The molecular weight excluding hydrogens is 336 g/mol. The molecule has 1 saturated carbocycles. The summed E-state index contributed by atoms with van der Waals surface area (Å²) < 4.78 is 0. The quantitative estimate of drug-likeness (QED) is 0.425. The monoisotopic (exact) mass is 362 g/mol. The standard InChI is InChI=1S/C17H26N6O3/c18-15(19)16-20-10-13(11-21-16)23-7-5-22(6-8-23)12-1-3-17(26,4-2-12)9-14(24)25/h10-12,26H,1-9H2,(H3,18,19)(H,24,25). The molecule has 0 aromatic carbocycles. The first-order valence-corrected chi connectivity index (χ1v) is 8.96. The number of carboxylic acid groups (broad SMARTS) is 1. The minimum Gasteiger partial charge on any atom is -0.481 e. The lowest BCUT2D eigenvalue weighted by atomic mass is 9.79. The van der Waals surface area contributed by atoms with Gasteiger partial charge in [-0.1, -0.05) is 0 Å². The van der Waals surface area contributed by atoms with E-state index in [1.165, 1.54) is 0 Å². The van der Waals surface area contributed by atoms with Gasteiger partial charge in [-0.3, -0.25) is 15.1 Å². The topological polar surface area (TPSA) is 140 Å². The van der Waals surface area contributed by atoms with Crippen molar-refractivity contribution in [3.05, 3.63) is 18.2 Å². The number of hydrogen-bond donors (Lipinski definition) is 4. The molecule has 1 saturated heterocycles. The van der Waals surface area contributed by atoms with Gasteiger partial charge in [-0.2, -0.15) is 0 Å². The van der Waals surface area contributed by atoms with E-state index in [4.69, 9.17) is 16.2 Å². The molecule has 9 nitrogen and oxygen atoms in total. The molecule has 1 aliphatic heterocycles. The summed E-state index contributed by atoms with van der Waals surface area (Å²) in [6.45, 7) is 3.55. The van der Waals surface area contributed by atoms with Crippen LogP contribution in [0, 0.1) is 5.41 Å². The van der Waals surface area contributed by atoms with Crippen LogP contribution in [0.1, 0.15) is 37.9 Å². The predicted molar refractivity (Wildman–Crippen MR) is 96.3 cm³/mol. The van der Waals surface area contributed by atoms with E-state index in [2.05, 4.69) is 19.8 Å². The predicted octanol–water partition coefficient (Wildman–Crippen LogP) is 0.0311. The second-order valence-electron chi connectivity index (χ2n) is 7.23. The van der Waals surface area contributed by atoms with Crippen molar-refractivity contribution < 1.29 is 15.0 Å². The largest absolute Gasteiger partial charge is 0.481 e. The third kappa shape index (κ3) is 4.28. The highest BCUT2D eigenvalue weighted by Crippen LogP contribution is 2.33. The van der Waals surface area contributed by atoms with Crippen LogP contribution in [-0.4, -0.2) is 74.7 Å². The SMILES string of the molecule is N=C(N)c1ncc(N2CCN(C3CCC(O)(CC(=O)O)CC3)CC2)cn1. The molecule has 3 rings (SSSR count). The summed E-state index contributed by atoms with van der Waals surface area (Å²) in [5.41, 5.74) is 5.26. The number of amidine groups is 1. The molecule has 0 bridgehead atoms. The van der Waals surface area contributed by atoms with Gasteiger partial charge in [0, 0.05) is 32.2 Å². The summed E-state index contributed by atoms with van der Waals surface area (Å²) in [4.78, 5) is 23.7. The first kappa shape index (κ1) is 18.5. The Balaban J connectivity index is 1.50. The minimum atomic E-state index is -1.04. The Kier molecular flexibility index (Phi) is 5.38. The van der Waals surface area contributed by atoms with Crippen LogP contribution < -0.4 is 10.6 Å². The molecule has 1 aromatic heterocycles. The van der Waals surface area contributed by atoms with Crippen LogP contribution in [0.5, 0.6) is 0 Å². The van der Waals surface area contributed by atoms with Gasteiger partial charge in [0.15, 0.2) is 11.7 Å². The number of nitrogens with one attached hydrogen (secondary N) is 1. The average molecular weight is 362 g/mol. The highest BCUT2D eigenvalue weighted by Gasteiger charge is 2.37. The Morgan fingerprint density at radius 3 is 2.31 bits per heavy atom. The highest BCUT2D eigenvalue weighted by atomic mass is 16.4. The fourth-order valence-corrected chi connectivity index (χ4v) is 3.93. The number of aliphatic carboxylic acids is 1. The van der Waals surface area contributed by atoms with Crippen LogP contribution in [0.3, 0.4) is 0 Å². The summed E-state index contributed by atoms with van der Waals surface area (Å²) in [5.74, 6) is -0.831. The van der Waals surface area contributed by atoms with Crippen molar-refractivity contribution >= 4 is 17.5 Å². The zero-order valence-corrected chi connectivity index (χ0v) is 14.8. The second-order valence-corrected chi connectivity index (χ2v) is 7.23. The second kappa shape index (κ2) is 7.55. The number of nitrogen functional groups attached to an aromatic ring is 1. The Labute approximate surface area is 152 Å². The van der Waals surface area contributed by atoms with Crippen molar-refractivity contribution in [2.24, 2.45) is 5.73 Å². The number of carboxylic acids is 1. The molecule has 0 radical (unpaired) electrons. The van der Waals surface area contributed by atoms with Gasteiger partial charge in [0.1, 0.15) is 0 Å². The van der Waals surface area contributed by atoms with Gasteiger partial charge in [0.05, 0.1) is 30.1 Å². The molecule has 26 heavy (non-hydrogen) atoms. The number of aliphatic hydroxyl groups is 1. The van der Waals surface area contributed by atoms with Gasteiger partial charge in [0.25, 0.3) is 0 Å². The van der Waals surface area contributed by atoms with Crippen LogP contribution in [0.4, 0.5) is 5.69 Å². The molecule has 1 aromatic rings. The smallest absolute Gasteiger partial charge is 0.306 e. The molecule has 0 spiro atoms. The van der Waals surface area contributed by atoms with E-state index in [9.17, 15) is 9.90 Å². The third-order valence-electron chi connectivity index (χ3n) is 5.44. The van der Waals surface area contributed by atoms with Gasteiger partial charge in [-0.25, -0.2) is 9.97 Å². The number of nitrogens with zero attached hydrogens (tertiary/aromatic N) is 4. The van der Waals surface area contributed by atoms with Crippen LogP contribution in [0.2, 0.25) is 0 Å². The molecule has 2 aliphatic rings. The van der Waals surface area contributed by atoms with Crippen molar-refractivity contribution in [2.75, 3.05) is 31.1 Å². The minimum absolute atomic E-state index is 0.137. The van der Waals surface area contributed by atoms with E-state index in [1.807, 2.05) is 0 Å². The van der Waals surface area contributed by atoms with E-state index < -0.39 is 11.6 Å². The number of aromatic nitrogens is 2. The summed E-state index contributed by atoms with van der Waals surface area (Å²) in [7, 11) is 0. The fraction of sp³-hybridized carbons (Fsp3) is 0.647. The maximum atomic E-state index is 10.9. The lowest BCUT2D eigenvalue weighted by Crippen LogP contribution is -2.52. The van der Waals surface area contributed by atoms with E-state index in [0.717, 1.165) is 44.7 Å². The van der Waals surface area contributed by atoms with Crippen molar-refractivity contribution in [3.63, 3.8) is 0 Å². The first-order valence-electron chi connectivity index (χ1n) is 8.96. The Bertz CT molecular complexity index is 649. The molecule has 2 fully saturated rings. The van der Waals surface area contributed by atoms with Crippen LogP contribution in [-0.2, 0) is 4.79 Å². The number of rotatable bonds is 5. The van der Waals surface area contributed by atoms with Gasteiger partial charge in [-0.15, -0.1) is 0 Å². The lowest BCUT2D eigenvalue weighted by Gasteiger charge is -2.44. The maximum Gasteiger partial charge on any atom is 0.306 e. The zero-order valence-electron chi connectivity index (χ0n) is 14.8. The molecule has 0 atom stereocenters. The Morgan fingerprint density at radius 2 is 1.81 bits per heavy atom. The number of nitrogens with two attached hydrogens (primary N) is 1.